The highest BCUT2D eigenvalue weighted by molar-refractivity contribution is 5.86. The molecule has 0 radical (unpaired) electrons. The number of nitrogens with zero attached hydrogens (tertiary/aromatic N) is 1. The van der Waals surface area contributed by atoms with Crippen LogP contribution in [0.3, 0.4) is 0 Å². The van der Waals surface area contributed by atoms with Gasteiger partial charge in [-0.1, -0.05) is 6.92 Å². The van der Waals surface area contributed by atoms with Gasteiger partial charge in [0.2, 0.25) is 5.91 Å². The maximum atomic E-state index is 11.4. The molecule has 74 valence electrons. The van der Waals surface area contributed by atoms with Crippen molar-refractivity contribution >= 4 is 11.9 Å². The molecule has 0 aromatic heterocycles. The first kappa shape index (κ1) is 9.98. The van der Waals surface area contributed by atoms with E-state index in [0.29, 0.717) is 13.0 Å². The second kappa shape index (κ2) is 3.74. The number of ether oxygens (including phenoxy) is 1. The fourth-order valence-electron chi connectivity index (χ4n) is 1.54. The van der Waals surface area contributed by atoms with Gasteiger partial charge in [0.1, 0.15) is 0 Å². The van der Waals surface area contributed by atoms with Gasteiger partial charge in [-0.25, -0.2) is 5.84 Å². The highest BCUT2D eigenvalue weighted by Gasteiger charge is 2.37. The van der Waals surface area contributed by atoms with E-state index in [1.807, 2.05) is 0 Å². The van der Waals surface area contributed by atoms with E-state index in [0.717, 1.165) is 5.01 Å². The Morgan fingerprint density at radius 1 is 1.77 bits per heavy atom. The van der Waals surface area contributed by atoms with Crippen molar-refractivity contribution in [1.29, 1.82) is 0 Å². The summed E-state index contributed by atoms with van der Waals surface area (Å²) in [6, 6.07) is 0. The maximum absolute atomic E-state index is 11.4. The molecule has 1 amide bonds. The highest BCUT2D eigenvalue weighted by Crippen LogP contribution is 2.24. The van der Waals surface area contributed by atoms with E-state index in [-0.39, 0.29) is 17.8 Å². The molecule has 0 spiro atoms. The van der Waals surface area contributed by atoms with Crippen molar-refractivity contribution in [3.63, 3.8) is 0 Å². The number of amides is 1. The number of carbonyl (C=O) groups is 2. The molecule has 0 aliphatic carbocycles. The molecule has 0 aromatic carbocycles. The van der Waals surface area contributed by atoms with E-state index in [2.05, 4.69) is 4.74 Å². The number of nitrogens with two attached hydrogens (primary N) is 1. The van der Waals surface area contributed by atoms with Crippen LogP contribution in [0.1, 0.15) is 13.3 Å². The van der Waals surface area contributed by atoms with Gasteiger partial charge in [0.15, 0.2) is 0 Å². The maximum Gasteiger partial charge on any atom is 0.309 e. The largest absolute Gasteiger partial charge is 0.469 e. The minimum atomic E-state index is -0.397. The van der Waals surface area contributed by atoms with E-state index < -0.39 is 5.92 Å². The lowest BCUT2D eigenvalue weighted by molar-refractivity contribution is -0.150. The van der Waals surface area contributed by atoms with Crippen molar-refractivity contribution in [2.45, 2.75) is 13.3 Å². The molecule has 1 saturated heterocycles. The van der Waals surface area contributed by atoms with E-state index >= 15 is 0 Å². The predicted octanol–water partition coefficient (Wildman–Crippen LogP) is -0.482. The number of hydrogen-bond acceptors (Lipinski definition) is 4. The fourth-order valence-corrected chi connectivity index (χ4v) is 1.54. The average molecular weight is 186 g/mol. The summed E-state index contributed by atoms with van der Waals surface area (Å²) in [6.07, 6.45) is 0.631. The van der Waals surface area contributed by atoms with Gasteiger partial charge < -0.3 is 4.74 Å². The molecule has 0 aromatic rings. The normalized spacial score (nSPS) is 24.7. The van der Waals surface area contributed by atoms with Crippen LogP contribution in [0.15, 0.2) is 0 Å². The molecule has 1 aliphatic heterocycles. The van der Waals surface area contributed by atoms with Gasteiger partial charge in [-0.3, -0.25) is 14.6 Å². The third-order valence-corrected chi connectivity index (χ3v) is 2.46. The second-order valence-electron chi connectivity index (χ2n) is 3.24. The minimum Gasteiger partial charge on any atom is -0.469 e. The number of methoxy groups -OCH3 is 1. The first-order valence-electron chi connectivity index (χ1n) is 4.21. The van der Waals surface area contributed by atoms with Gasteiger partial charge >= 0.3 is 5.97 Å². The van der Waals surface area contributed by atoms with Crippen LogP contribution in [0.25, 0.3) is 0 Å². The third-order valence-electron chi connectivity index (χ3n) is 2.46. The van der Waals surface area contributed by atoms with Crippen molar-refractivity contribution in [2.75, 3.05) is 13.7 Å². The summed E-state index contributed by atoms with van der Waals surface area (Å²) in [6.45, 7) is 2.21. The molecule has 5 heteroatoms. The zero-order valence-corrected chi connectivity index (χ0v) is 7.82. The highest BCUT2D eigenvalue weighted by atomic mass is 16.5. The lowest BCUT2D eigenvalue weighted by atomic mass is 9.93. The predicted molar refractivity (Wildman–Crippen MR) is 45.2 cm³/mol. The molecule has 0 saturated carbocycles. The Hall–Kier alpha value is -1.10. The zero-order valence-electron chi connectivity index (χ0n) is 7.82. The summed E-state index contributed by atoms with van der Waals surface area (Å²) in [7, 11) is 1.32. The standard InChI is InChI=1S/C8H14N2O3/c1-5(8(12)13-2)6-3-4-10(9)7(6)11/h5-6H,3-4,9H2,1-2H3/t5-,6-/m0/s1. The first-order chi connectivity index (χ1) is 6.07. The molecule has 1 aliphatic rings. The van der Waals surface area contributed by atoms with Gasteiger partial charge in [-0.05, 0) is 6.42 Å². The van der Waals surface area contributed by atoms with E-state index in [4.69, 9.17) is 5.84 Å². The molecule has 0 unspecified atom stereocenters. The number of hydrogen-bond donors (Lipinski definition) is 1. The number of carbonyl (C=O) groups excluding carboxylic acids is 2. The van der Waals surface area contributed by atoms with Gasteiger partial charge in [0.25, 0.3) is 0 Å². The van der Waals surface area contributed by atoms with Crippen LogP contribution in [-0.4, -0.2) is 30.5 Å². The van der Waals surface area contributed by atoms with Crippen molar-refractivity contribution in [1.82, 2.24) is 5.01 Å². The summed E-state index contributed by atoms with van der Waals surface area (Å²) < 4.78 is 4.56. The molecular weight excluding hydrogens is 172 g/mol. The van der Waals surface area contributed by atoms with Crippen molar-refractivity contribution in [3.05, 3.63) is 0 Å². The second-order valence-corrected chi connectivity index (χ2v) is 3.24. The van der Waals surface area contributed by atoms with Crippen molar-refractivity contribution in [2.24, 2.45) is 17.7 Å². The molecular formula is C8H14N2O3. The first-order valence-corrected chi connectivity index (χ1v) is 4.21. The van der Waals surface area contributed by atoms with Crippen LogP contribution < -0.4 is 5.84 Å². The summed E-state index contributed by atoms with van der Waals surface area (Å²) in [4.78, 5) is 22.5. The quantitative estimate of drug-likeness (QED) is 0.359. The molecule has 1 heterocycles. The van der Waals surface area contributed by atoms with Crippen molar-refractivity contribution in [3.8, 4) is 0 Å². The van der Waals surface area contributed by atoms with Gasteiger partial charge in [0.05, 0.1) is 18.9 Å². The zero-order chi connectivity index (χ0) is 10.0. The van der Waals surface area contributed by atoms with Crippen LogP contribution in [0, 0.1) is 11.8 Å². The molecule has 13 heavy (non-hydrogen) atoms. The summed E-state index contributed by atoms with van der Waals surface area (Å²) >= 11 is 0. The Morgan fingerprint density at radius 3 is 2.77 bits per heavy atom. The van der Waals surface area contributed by atoms with Crippen molar-refractivity contribution < 1.29 is 14.3 Å². The lowest BCUT2D eigenvalue weighted by Crippen LogP contribution is -2.36. The van der Waals surface area contributed by atoms with Crippen LogP contribution >= 0.6 is 0 Å². The topological polar surface area (TPSA) is 72.6 Å². The Labute approximate surface area is 76.8 Å². The molecule has 2 N–H and O–H groups in total. The van der Waals surface area contributed by atoms with E-state index in [1.54, 1.807) is 6.92 Å². The van der Waals surface area contributed by atoms with Gasteiger partial charge in [0, 0.05) is 6.54 Å². The number of esters is 1. The molecule has 1 fully saturated rings. The fraction of sp³-hybridized carbons (Fsp3) is 0.750. The third kappa shape index (κ3) is 1.80. The number of rotatable bonds is 2. The van der Waals surface area contributed by atoms with Crippen LogP contribution in [-0.2, 0) is 14.3 Å². The molecule has 2 atom stereocenters. The molecule has 1 rings (SSSR count). The molecule has 5 nitrogen and oxygen atoms in total. The Morgan fingerprint density at radius 2 is 2.38 bits per heavy atom. The average Bonchev–Trinajstić information content (AvgIpc) is 2.45. The SMILES string of the molecule is COC(=O)[C@@H](C)[C@@H]1CCN(N)C1=O. The van der Waals surface area contributed by atoms with E-state index in [1.165, 1.54) is 7.11 Å². The number of hydrazine groups is 1. The van der Waals surface area contributed by atoms with E-state index in [9.17, 15) is 9.59 Å². The van der Waals surface area contributed by atoms with Gasteiger partial charge in [-0.15, -0.1) is 0 Å². The monoisotopic (exact) mass is 186 g/mol. The smallest absolute Gasteiger partial charge is 0.309 e. The summed E-state index contributed by atoms with van der Waals surface area (Å²) in [5.74, 6) is 4.15. The Bertz CT molecular complexity index is 229. The summed E-state index contributed by atoms with van der Waals surface area (Å²) in [5.41, 5.74) is 0. The van der Waals surface area contributed by atoms with Crippen LogP contribution in [0.5, 0.6) is 0 Å². The molecule has 0 bridgehead atoms. The van der Waals surface area contributed by atoms with Crippen LogP contribution in [0.2, 0.25) is 0 Å². The summed E-state index contributed by atoms with van der Waals surface area (Å²) in [5, 5.41) is 1.16. The Kier molecular flexibility index (Phi) is 2.87. The lowest BCUT2D eigenvalue weighted by Gasteiger charge is -2.14. The Balaban J connectivity index is 2.63. The van der Waals surface area contributed by atoms with Crippen LogP contribution in [0.4, 0.5) is 0 Å². The minimum absolute atomic E-state index is 0.169. The van der Waals surface area contributed by atoms with Gasteiger partial charge in [-0.2, -0.15) is 0 Å².